The molecular formula is C20H36N2O2. The van der Waals surface area contributed by atoms with Crippen molar-refractivity contribution in [1.29, 1.82) is 0 Å². The van der Waals surface area contributed by atoms with Gasteiger partial charge in [0.15, 0.2) is 0 Å². The minimum absolute atomic E-state index is 0.111. The van der Waals surface area contributed by atoms with Crippen molar-refractivity contribution in [3.8, 4) is 0 Å². The summed E-state index contributed by atoms with van der Waals surface area (Å²) in [6, 6.07) is 0.572. The summed E-state index contributed by atoms with van der Waals surface area (Å²) in [6.45, 7) is 8.85. The van der Waals surface area contributed by atoms with Gasteiger partial charge in [0.25, 0.3) is 0 Å². The number of fused-ring (bicyclic) bond motifs is 2. The summed E-state index contributed by atoms with van der Waals surface area (Å²) in [5.41, 5.74) is 0. The average molecular weight is 337 g/mol. The predicted molar refractivity (Wildman–Crippen MR) is 96.9 cm³/mol. The van der Waals surface area contributed by atoms with E-state index in [0.717, 1.165) is 39.0 Å². The molecular weight excluding hydrogens is 300 g/mol. The van der Waals surface area contributed by atoms with E-state index in [9.17, 15) is 4.79 Å². The van der Waals surface area contributed by atoms with Crippen LogP contribution >= 0.6 is 0 Å². The third-order valence-electron chi connectivity index (χ3n) is 6.75. The zero-order chi connectivity index (χ0) is 17.1. The Labute approximate surface area is 147 Å². The highest BCUT2D eigenvalue weighted by atomic mass is 16.5. The number of rotatable bonds is 5. The largest absolute Gasteiger partial charge is 0.461 e. The molecule has 0 aromatic rings. The fraction of sp³-hybridized carbons (Fsp3) is 0.950. The summed E-state index contributed by atoms with van der Waals surface area (Å²) in [4.78, 5) is 17.8. The predicted octanol–water partition coefficient (Wildman–Crippen LogP) is 3.16. The fourth-order valence-corrected chi connectivity index (χ4v) is 5.49. The Morgan fingerprint density at radius 1 is 1.04 bits per heavy atom. The van der Waals surface area contributed by atoms with Crippen molar-refractivity contribution in [3.05, 3.63) is 0 Å². The third-order valence-corrected chi connectivity index (χ3v) is 6.75. The van der Waals surface area contributed by atoms with Gasteiger partial charge in [-0.05, 0) is 45.8 Å². The van der Waals surface area contributed by atoms with E-state index < -0.39 is 0 Å². The number of hydrogen-bond donors (Lipinski definition) is 0. The molecule has 0 spiro atoms. The van der Waals surface area contributed by atoms with Crippen molar-refractivity contribution in [1.82, 2.24) is 9.80 Å². The number of esters is 1. The molecule has 3 aliphatic rings. The summed E-state index contributed by atoms with van der Waals surface area (Å²) >= 11 is 0. The molecule has 1 aliphatic heterocycles. The van der Waals surface area contributed by atoms with Crippen LogP contribution in [0, 0.1) is 17.8 Å². The van der Waals surface area contributed by atoms with Crippen LogP contribution in [0.2, 0.25) is 0 Å². The quantitative estimate of drug-likeness (QED) is 0.722. The Kier molecular flexibility index (Phi) is 6.20. The lowest BCUT2D eigenvalue weighted by atomic mass is 9.71. The van der Waals surface area contributed by atoms with Gasteiger partial charge in [-0.3, -0.25) is 4.79 Å². The monoisotopic (exact) mass is 336 g/mol. The molecule has 138 valence electrons. The first-order valence-corrected chi connectivity index (χ1v) is 10.3. The lowest BCUT2D eigenvalue weighted by Crippen LogP contribution is -2.60. The van der Waals surface area contributed by atoms with E-state index in [1.165, 1.54) is 32.1 Å². The third kappa shape index (κ3) is 3.80. The highest BCUT2D eigenvalue weighted by Gasteiger charge is 2.47. The number of ether oxygens (including phenoxy) is 1. The molecule has 0 N–H and O–H groups in total. The van der Waals surface area contributed by atoms with Gasteiger partial charge in [0, 0.05) is 31.0 Å². The highest BCUT2D eigenvalue weighted by Crippen LogP contribution is 2.40. The van der Waals surface area contributed by atoms with E-state index in [2.05, 4.69) is 30.7 Å². The van der Waals surface area contributed by atoms with Gasteiger partial charge in [-0.1, -0.05) is 33.1 Å². The van der Waals surface area contributed by atoms with E-state index in [0.29, 0.717) is 17.9 Å². The number of nitrogens with zero attached hydrogens (tertiary/aromatic N) is 2. The molecule has 0 radical (unpaired) electrons. The molecule has 2 bridgehead atoms. The van der Waals surface area contributed by atoms with Crippen LogP contribution < -0.4 is 0 Å². The second-order valence-corrected chi connectivity index (χ2v) is 8.25. The smallest absolute Gasteiger partial charge is 0.309 e. The van der Waals surface area contributed by atoms with E-state index in [1.807, 2.05) is 0 Å². The molecule has 4 atom stereocenters. The maximum absolute atomic E-state index is 12.7. The molecule has 4 unspecified atom stereocenters. The molecule has 1 saturated heterocycles. The lowest BCUT2D eigenvalue weighted by molar-refractivity contribution is -0.173. The van der Waals surface area contributed by atoms with Gasteiger partial charge in [-0.15, -0.1) is 0 Å². The first kappa shape index (κ1) is 18.2. The normalized spacial score (nSPS) is 35.2. The van der Waals surface area contributed by atoms with E-state index >= 15 is 0 Å². The lowest BCUT2D eigenvalue weighted by Gasteiger charge is -2.52. The van der Waals surface area contributed by atoms with Crippen LogP contribution in [-0.4, -0.2) is 61.1 Å². The van der Waals surface area contributed by atoms with Gasteiger partial charge >= 0.3 is 5.97 Å². The molecule has 3 rings (SSSR count). The number of likely N-dealkylation sites (tertiary alicyclic amines) is 1. The minimum Gasteiger partial charge on any atom is -0.461 e. The minimum atomic E-state index is 0.111. The molecule has 1 heterocycles. The first-order valence-electron chi connectivity index (χ1n) is 10.3. The Balaban J connectivity index is 1.71. The molecule has 2 aliphatic carbocycles. The van der Waals surface area contributed by atoms with Gasteiger partial charge in [0.2, 0.25) is 0 Å². The Morgan fingerprint density at radius 2 is 1.75 bits per heavy atom. The van der Waals surface area contributed by atoms with Crippen molar-refractivity contribution in [3.63, 3.8) is 0 Å². The maximum Gasteiger partial charge on any atom is 0.309 e. The van der Waals surface area contributed by atoms with Gasteiger partial charge in [0.1, 0.15) is 6.10 Å². The van der Waals surface area contributed by atoms with E-state index in [1.54, 1.807) is 0 Å². The standard InChI is InChI=1S/C20H36N2O2/c1-4-22(5-2)18-12-11-16-13-21(3)14-17(18)19(16)24-20(23)15-9-7-6-8-10-15/h15-19H,4-14H2,1-3H3. The molecule has 0 aromatic carbocycles. The molecule has 4 nitrogen and oxygen atoms in total. The van der Waals surface area contributed by atoms with Crippen LogP contribution in [0.15, 0.2) is 0 Å². The zero-order valence-corrected chi connectivity index (χ0v) is 15.9. The van der Waals surface area contributed by atoms with Gasteiger partial charge in [-0.2, -0.15) is 0 Å². The maximum atomic E-state index is 12.7. The van der Waals surface area contributed by atoms with Crippen LogP contribution in [0.1, 0.15) is 58.8 Å². The number of piperidine rings is 1. The van der Waals surface area contributed by atoms with Crippen molar-refractivity contribution in [2.75, 3.05) is 33.2 Å². The van der Waals surface area contributed by atoms with Crippen molar-refractivity contribution in [2.24, 2.45) is 17.8 Å². The number of hydrogen-bond acceptors (Lipinski definition) is 4. The van der Waals surface area contributed by atoms with Gasteiger partial charge < -0.3 is 14.5 Å². The summed E-state index contributed by atoms with van der Waals surface area (Å²) in [6.07, 6.45) is 8.38. The molecule has 24 heavy (non-hydrogen) atoms. The Morgan fingerprint density at radius 3 is 2.42 bits per heavy atom. The van der Waals surface area contributed by atoms with Crippen molar-refractivity contribution < 1.29 is 9.53 Å². The fourth-order valence-electron chi connectivity index (χ4n) is 5.49. The van der Waals surface area contributed by atoms with Gasteiger partial charge in [0.05, 0.1) is 5.92 Å². The van der Waals surface area contributed by atoms with Crippen LogP contribution in [0.5, 0.6) is 0 Å². The SMILES string of the molecule is CCN(CC)C1CCC2CN(C)CC1C2OC(=O)C1CCCCC1. The average Bonchev–Trinajstić information content (AvgIpc) is 2.59. The zero-order valence-electron chi connectivity index (χ0n) is 15.9. The van der Waals surface area contributed by atoms with Crippen LogP contribution in [0.4, 0.5) is 0 Å². The Bertz CT molecular complexity index is 418. The van der Waals surface area contributed by atoms with Crippen LogP contribution in [0.3, 0.4) is 0 Å². The van der Waals surface area contributed by atoms with Crippen LogP contribution in [0.25, 0.3) is 0 Å². The van der Waals surface area contributed by atoms with E-state index in [4.69, 9.17) is 4.74 Å². The summed E-state index contributed by atoms with van der Waals surface area (Å²) in [5, 5.41) is 0. The first-order chi connectivity index (χ1) is 11.6. The molecule has 3 fully saturated rings. The summed E-state index contributed by atoms with van der Waals surface area (Å²) in [5.74, 6) is 1.30. The molecule has 4 heteroatoms. The molecule has 0 amide bonds. The van der Waals surface area contributed by atoms with Crippen molar-refractivity contribution >= 4 is 5.97 Å². The van der Waals surface area contributed by atoms with Crippen LogP contribution in [-0.2, 0) is 9.53 Å². The number of carbonyl (C=O) groups is 1. The van der Waals surface area contributed by atoms with Gasteiger partial charge in [-0.25, -0.2) is 0 Å². The second kappa shape index (κ2) is 8.18. The summed E-state index contributed by atoms with van der Waals surface area (Å²) in [7, 11) is 2.23. The van der Waals surface area contributed by atoms with Crippen molar-refractivity contribution in [2.45, 2.75) is 70.9 Å². The highest BCUT2D eigenvalue weighted by molar-refractivity contribution is 5.72. The van der Waals surface area contributed by atoms with E-state index in [-0.39, 0.29) is 18.0 Å². The Hall–Kier alpha value is -0.610. The topological polar surface area (TPSA) is 32.8 Å². The number of carbonyl (C=O) groups excluding carboxylic acids is 1. The summed E-state index contributed by atoms with van der Waals surface area (Å²) < 4.78 is 6.22. The molecule has 2 saturated carbocycles. The molecule has 0 aromatic heterocycles. The second-order valence-electron chi connectivity index (χ2n) is 8.25.